The molecule has 2 aromatic rings. The molecular formula is C18H19ClN2O3. The third-order valence-corrected chi connectivity index (χ3v) is 3.76. The van der Waals surface area contributed by atoms with Crippen LogP contribution >= 0.6 is 11.6 Å². The summed E-state index contributed by atoms with van der Waals surface area (Å²) in [7, 11) is 1.58. The number of carbonyl (C=O) groups is 2. The molecule has 0 heterocycles. The Morgan fingerprint density at radius 1 is 1.12 bits per heavy atom. The topological polar surface area (TPSA) is 67.4 Å². The lowest BCUT2D eigenvalue weighted by molar-refractivity contribution is -0.120. The molecule has 2 N–H and O–H groups in total. The number of carbonyl (C=O) groups excluding carboxylic acids is 2. The van der Waals surface area contributed by atoms with Crippen molar-refractivity contribution in [2.75, 3.05) is 12.4 Å². The van der Waals surface area contributed by atoms with Crippen LogP contribution in [0, 0.1) is 0 Å². The average Bonchev–Trinajstić information content (AvgIpc) is 2.56. The van der Waals surface area contributed by atoms with Gasteiger partial charge in [0.2, 0.25) is 11.8 Å². The van der Waals surface area contributed by atoms with Crippen LogP contribution in [-0.2, 0) is 9.59 Å². The molecule has 2 aromatic carbocycles. The predicted octanol–water partition coefficient (Wildman–Crippen LogP) is 3.55. The van der Waals surface area contributed by atoms with Gasteiger partial charge in [-0.3, -0.25) is 9.59 Å². The lowest BCUT2D eigenvalue weighted by Crippen LogP contribution is -2.29. The van der Waals surface area contributed by atoms with Gasteiger partial charge in [0.05, 0.1) is 30.3 Å². The minimum absolute atomic E-state index is 0.0944. The smallest absolute Gasteiger partial charge is 0.226 e. The highest BCUT2D eigenvalue weighted by Gasteiger charge is 2.18. The van der Waals surface area contributed by atoms with Crippen molar-refractivity contribution in [1.29, 1.82) is 0 Å². The second-order valence-corrected chi connectivity index (χ2v) is 5.67. The van der Waals surface area contributed by atoms with Gasteiger partial charge in [0, 0.05) is 6.92 Å². The molecule has 6 heteroatoms. The van der Waals surface area contributed by atoms with Crippen LogP contribution in [0.1, 0.15) is 24.9 Å². The zero-order valence-corrected chi connectivity index (χ0v) is 14.3. The van der Waals surface area contributed by atoms with Crippen molar-refractivity contribution in [3.8, 4) is 5.75 Å². The molecule has 0 aliphatic carbocycles. The van der Waals surface area contributed by atoms with E-state index in [1.807, 2.05) is 12.1 Å². The Balaban J connectivity index is 2.11. The third kappa shape index (κ3) is 4.99. The van der Waals surface area contributed by atoms with Crippen molar-refractivity contribution < 1.29 is 14.3 Å². The summed E-state index contributed by atoms with van der Waals surface area (Å²) in [6.07, 6.45) is 0.0944. The molecule has 0 aliphatic rings. The van der Waals surface area contributed by atoms with Crippen LogP contribution < -0.4 is 15.4 Å². The van der Waals surface area contributed by atoms with Crippen LogP contribution in [0.2, 0.25) is 5.02 Å². The van der Waals surface area contributed by atoms with E-state index in [1.54, 1.807) is 43.5 Å². The number of benzene rings is 2. The number of rotatable bonds is 6. The number of methoxy groups -OCH3 is 1. The van der Waals surface area contributed by atoms with Gasteiger partial charge in [-0.15, -0.1) is 0 Å². The van der Waals surface area contributed by atoms with Crippen molar-refractivity contribution in [2.45, 2.75) is 19.4 Å². The molecule has 0 fully saturated rings. The quantitative estimate of drug-likeness (QED) is 0.840. The van der Waals surface area contributed by atoms with Crippen LogP contribution in [0.25, 0.3) is 0 Å². The van der Waals surface area contributed by atoms with E-state index in [0.29, 0.717) is 16.5 Å². The van der Waals surface area contributed by atoms with Crippen molar-refractivity contribution in [3.05, 3.63) is 59.1 Å². The molecule has 0 bridgehead atoms. The van der Waals surface area contributed by atoms with Gasteiger partial charge in [0.15, 0.2) is 0 Å². The zero-order chi connectivity index (χ0) is 17.5. The minimum atomic E-state index is -0.434. The van der Waals surface area contributed by atoms with Gasteiger partial charge in [-0.2, -0.15) is 0 Å². The molecule has 0 spiro atoms. The number of amides is 2. The Morgan fingerprint density at radius 2 is 1.79 bits per heavy atom. The van der Waals surface area contributed by atoms with Crippen molar-refractivity contribution in [3.63, 3.8) is 0 Å². The monoisotopic (exact) mass is 346 g/mol. The molecule has 5 nitrogen and oxygen atoms in total. The summed E-state index contributed by atoms with van der Waals surface area (Å²) in [5.74, 6) is 0.264. The molecule has 24 heavy (non-hydrogen) atoms. The summed E-state index contributed by atoms with van der Waals surface area (Å²) in [5, 5.41) is 6.01. The number of nitrogens with one attached hydrogen (secondary N) is 2. The SMILES string of the molecule is COc1ccc(C(CC(=O)Nc2ccccc2Cl)NC(C)=O)cc1. The average molecular weight is 347 g/mol. The second-order valence-electron chi connectivity index (χ2n) is 5.26. The summed E-state index contributed by atoms with van der Waals surface area (Å²) in [5.41, 5.74) is 1.36. The fourth-order valence-corrected chi connectivity index (χ4v) is 2.47. The summed E-state index contributed by atoms with van der Waals surface area (Å²) in [4.78, 5) is 23.8. The van der Waals surface area contributed by atoms with Crippen molar-refractivity contribution in [2.24, 2.45) is 0 Å². The lowest BCUT2D eigenvalue weighted by Gasteiger charge is -2.18. The number of anilines is 1. The molecule has 0 aromatic heterocycles. The fraction of sp³-hybridized carbons (Fsp3) is 0.222. The maximum atomic E-state index is 12.3. The van der Waals surface area contributed by atoms with Gasteiger partial charge in [-0.1, -0.05) is 35.9 Å². The standard InChI is InChI=1S/C18H19ClN2O3/c1-12(22)20-17(13-7-9-14(24-2)10-8-13)11-18(23)21-16-6-4-3-5-15(16)19/h3-10,17H,11H2,1-2H3,(H,20,22)(H,21,23). The van der Waals surface area contributed by atoms with Gasteiger partial charge < -0.3 is 15.4 Å². The zero-order valence-electron chi connectivity index (χ0n) is 13.5. The predicted molar refractivity (Wildman–Crippen MR) is 94.3 cm³/mol. The molecule has 0 radical (unpaired) electrons. The molecule has 2 rings (SSSR count). The number of ether oxygens (including phenoxy) is 1. The van der Waals surface area contributed by atoms with Crippen LogP contribution in [0.3, 0.4) is 0 Å². The van der Waals surface area contributed by atoms with Crippen LogP contribution in [-0.4, -0.2) is 18.9 Å². The molecule has 1 unspecified atom stereocenters. The maximum Gasteiger partial charge on any atom is 0.226 e. The summed E-state index contributed by atoms with van der Waals surface area (Å²) in [6.45, 7) is 1.42. The first-order valence-electron chi connectivity index (χ1n) is 7.45. The third-order valence-electron chi connectivity index (χ3n) is 3.43. The Morgan fingerprint density at radius 3 is 2.38 bits per heavy atom. The fourth-order valence-electron chi connectivity index (χ4n) is 2.28. The van der Waals surface area contributed by atoms with Crippen LogP contribution in [0.5, 0.6) is 5.75 Å². The minimum Gasteiger partial charge on any atom is -0.497 e. The van der Waals surface area contributed by atoms with Crippen LogP contribution in [0.4, 0.5) is 5.69 Å². The van der Waals surface area contributed by atoms with E-state index < -0.39 is 6.04 Å². The van der Waals surface area contributed by atoms with E-state index >= 15 is 0 Å². The highest BCUT2D eigenvalue weighted by Crippen LogP contribution is 2.23. The molecule has 126 valence electrons. The van der Waals surface area contributed by atoms with E-state index in [2.05, 4.69) is 10.6 Å². The number of para-hydroxylation sites is 1. The Hall–Kier alpha value is -2.53. The molecule has 0 saturated heterocycles. The highest BCUT2D eigenvalue weighted by molar-refractivity contribution is 6.33. The number of hydrogen-bond acceptors (Lipinski definition) is 3. The van der Waals surface area contributed by atoms with E-state index in [-0.39, 0.29) is 18.2 Å². The molecule has 2 amide bonds. The second kappa shape index (κ2) is 8.36. The Labute approximate surface area is 146 Å². The lowest BCUT2D eigenvalue weighted by atomic mass is 10.0. The molecule has 1 atom stereocenters. The van der Waals surface area contributed by atoms with E-state index in [4.69, 9.17) is 16.3 Å². The van der Waals surface area contributed by atoms with Crippen molar-refractivity contribution in [1.82, 2.24) is 5.32 Å². The summed E-state index contributed by atoms with van der Waals surface area (Å²) in [6, 6.07) is 13.8. The van der Waals surface area contributed by atoms with Gasteiger partial charge in [-0.05, 0) is 29.8 Å². The van der Waals surface area contributed by atoms with E-state index in [1.165, 1.54) is 6.92 Å². The van der Waals surface area contributed by atoms with Gasteiger partial charge in [-0.25, -0.2) is 0 Å². The summed E-state index contributed by atoms with van der Waals surface area (Å²) < 4.78 is 5.12. The Bertz CT molecular complexity index is 716. The number of hydrogen-bond donors (Lipinski definition) is 2. The first kappa shape index (κ1) is 17.8. The van der Waals surface area contributed by atoms with Gasteiger partial charge in [0.25, 0.3) is 0 Å². The molecule has 0 saturated carbocycles. The summed E-state index contributed by atoms with van der Waals surface area (Å²) >= 11 is 6.04. The normalized spacial score (nSPS) is 11.5. The van der Waals surface area contributed by atoms with Gasteiger partial charge in [0.1, 0.15) is 5.75 Å². The largest absolute Gasteiger partial charge is 0.497 e. The maximum absolute atomic E-state index is 12.3. The van der Waals surface area contributed by atoms with Crippen molar-refractivity contribution >= 4 is 29.1 Å². The van der Waals surface area contributed by atoms with E-state index in [0.717, 1.165) is 5.56 Å². The Kier molecular flexibility index (Phi) is 6.21. The highest BCUT2D eigenvalue weighted by atomic mass is 35.5. The molecular weight excluding hydrogens is 328 g/mol. The number of halogens is 1. The molecule has 0 aliphatic heterocycles. The van der Waals surface area contributed by atoms with E-state index in [9.17, 15) is 9.59 Å². The first-order chi connectivity index (χ1) is 11.5. The van der Waals surface area contributed by atoms with Gasteiger partial charge >= 0.3 is 0 Å². The van der Waals surface area contributed by atoms with Crippen LogP contribution in [0.15, 0.2) is 48.5 Å². The first-order valence-corrected chi connectivity index (χ1v) is 7.83.